The summed E-state index contributed by atoms with van der Waals surface area (Å²) in [5.74, 6) is 2.09. The summed E-state index contributed by atoms with van der Waals surface area (Å²) >= 11 is 1.80. The summed E-state index contributed by atoms with van der Waals surface area (Å²) in [5.41, 5.74) is 5.19. The predicted molar refractivity (Wildman–Crippen MR) is 145 cm³/mol. The molecule has 4 heterocycles. The first-order chi connectivity index (χ1) is 16.2. The zero-order chi connectivity index (χ0) is 22.6. The van der Waals surface area contributed by atoms with Crippen LogP contribution >= 0.6 is 23.7 Å². The van der Waals surface area contributed by atoms with E-state index in [9.17, 15) is 0 Å². The van der Waals surface area contributed by atoms with Gasteiger partial charge >= 0.3 is 0 Å². The molecule has 0 aliphatic carbocycles. The molecule has 1 N–H and O–H groups in total. The molecule has 1 saturated heterocycles. The Balaban J connectivity index is 0.00000274. The number of nitrogens with zero attached hydrogens (tertiary/aromatic N) is 3. The van der Waals surface area contributed by atoms with Gasteiger partial charge in [-0.1, -0.05) is 25.5 Å². The molecule has 4 aromatic rings. The normalized spacial score (nSPS) is 14.4. The minimum absolute atomic E-state index is 0. The highest BCUT2D eigenvalue weighted by atomic mass is 35.5. The zero-order valence-corrected chi connectivity index (χ0v) is 21.8. The molecule has 0 bridgehead atoms. The molecule has 182 valence electrons. The Kier molecular flexibility index (Phi) is 8.35. The Hall–Kier alpha value is -2.28. The van der Waals surface area contributed by atoms with Crippen molar-refractivity contribution in [2.24, 2.45) is 7.05 Å². The number of fused-ring (bicyclic) bond motifs is 1. The van der Waals surface area contributed by atoms with E-state index in [2.05, 4.69) is 76.4 Å². The second kappa shape index (κ2) is 11.4. The molecule has 5 rings (SSSR count). The van der Waals surface area contributed by atoms with Crippen LogP contribution in [0.1, 0.15) is 43.9 Å². The first kappa shape index (κ1) is 24.8. The number of rotatable bonds is 9. The van der Waals surface area contributed by atoms with Gasteiger partial charge in [0.1, 0.15) is 11.9 Å². The molecule has 1 fully saturated rings. The zero-order valence-electron chi connectivity index (χ0n) is 20.1. The van der Waals surface area contributed by atoms with Gasteiger partial charge in [0.05, 0.1) is 15.9 Å². The number of hydrogen-bond acceptors (Lipinski definition) is 4. The molecular formula is C27H35ClN4OS. The van der Waals surface area contributed by atoms with Gasteiger partial charge in [-0.25, -0.2) is 4.98 Å². The quantitative estimate of drug-likeness (QED) is 0.297. The molecule has 34 heavy (non-hydrogen) atoms. The van der Waals surface area contributed by atoms with Crippen molar-refractivity contribution < 1.29 is 4.74 Å². The summed E-state index contributed by atoms with van der Waals surface area (Å²) in [7, 11) is 2.15. The highest BCUT2D eigenvalue weighted by Gasteiger charge is 2.17. The summed E-state index contributed by atoms with van der Waals surface area (Å²) in [5, 5.41) is 5.55. The van der Waals surface area contributed by atoms with Crippen molar-refractivity contribution in [3.63, 3.8) is 0 Å². The van der Waals surface area contributed by atoms with Gasteiger partial charge in [-0.2, -0.15) is 0 Å². The molecule has 3 aromatic heterocycles. The number of nitrogens with one attached hydrogen (secondary N) is 1. The van der Waals surface area contributed by atoms with Crippen molar-refractivity contribution in [3.05, 3.63) is 59.2 Å². The maximum absolute atomic E-state index is 6.16. The molecule has 0 atom stereocenters. The summed E-state index contributed by atoms with van der Waals surface area (Å²) in [6, 6.07) is 13.2. The van der Waals surface area contributed by atoms with Gasteiger partial charge in [-0.3, -0.25) is 0 Å². The number of piperidine rings is 1. The van der Waals surface area contributed by atoms with Gasteiger partial charge in [-0.05, 0) is 80.4 Å². The summed E-state index contributed by atoms with van der Waals surface area (Å²) in [6.07, 6.45) is 8.95. The molecule has 0 amide bonds. The number of benzene rings is 1. The molecular weight excluding hydrogens is 464 g/mol. The fraction of sp³-hybridized carbons (Fsp3) is 0.444. The maximum atomic E-state index is 6.16. The predicted octanol–water partition coefficient (Wildman–Crippen LogP) is 6.24. The van der Waals surface area contributed by atoms with E-state index in [0.717, 1.165) is 69.7 Å². The fourth-order valence-electron chi connectivity index (χ4n) is 4.87. The van der Waals surface area contributed by atoms with Crippen LogP contribution < -0.4 is 10.1 Å². The topological polar surface area (TPSA) is 44.0 Å². The molecule has 5 nitrogen and oxygen atoms in total. The molecule has 7 heteroatoms. The molecule has 1 aromatic carbocycles. The molecule has 0 radical (unpaired) electrons. The SMILES string of the molecule is CCCc1cnc(-c2cc3sccc3n2C)n1CCCc1ccc(OC2CCNCC2)cc1.Cl. The Morgan fingerprint density at radius 2 is 1.91 bits per heavy atom. The van der Waals surface area contributed by atoms with E-state index in [-0.39, 0.29) is 12.4 Å². The molecule has 0 unspecified atom stereocenters. The van der Waals surface area contributed by atoms with Gasteiger partial charge in [0.15, 0.2) is 5.82 Å². The Bertz CT molecular complexity index is 1190. The number of imidazole rings is 1. The van der Waals surface area contributed by atoms with E-state index in [1.165, 1.54) is 27.2 Å². The van der Waals surface area contributed by atoms with Crippen molar-refractivity contribution in [1.82, 2.24) is 19.4 Å². The summed E-state index contributed by atoms with van der Waals surface area (Å²) in [4.78, 5) is 4.86. The smallest absolute Gasteiger partial charge is 0.156 e. The van der Waals surface area contributed by atoms with Gasteiger partial charge in [0.25, 0.3) is 0 Å². The number of ether oxygens (including phenoxy) is 1. The minimum Gasteiger partial charge on any atom is -0.490 e. The van der Waals surface area contributed by atoms with Crippen LogP contribution in [0.5, 0.6) is 5.75 Å². The maximum Gasteiger partial charge on any atom is 0.156 e. The lowest BCUT2D eigenvalue weighted by molar-refractivity contribution is 0.162. The van der Waals surface area contributed by atoms with Crippen LogP contribution in [-0.4, -0.2) is 33.3 Å². The highest BCUT2D eigenvalue weighted by molar-refractivity contribution is 7.17. The first-order valence-electron chi connectivity index (χ1n) is 12.3. The van der Waals surface area contributed by atoms with E-state index in [4.69, 9.17) is 9.72 Å². The van der Waals surface area contributed by atoms with Gasteiger partial charge < -0.3 is 19.2 Å². The number of aromatic nitrogens is 3. The van der Waals surface area contributed by atoms with Crippen molar-refractivity contribution in [1.29, 1.82) is 0 Å². The van der Waals surface area contributed by atoms with Crippen LogP contribution in [-0.2, 0) is 26.4 Å². The van der Waals surface area contributed by atoms with E-state index >= 15 is 0 Å². The lowest BCUT2D eigenvalue weighted by atomic mass is 10.1. The standard InChI is InChI=1S/C27H34N4OS.ClH/c1-3-5-21-19-29-27(25-18-26-24(30(25)2)13-17-33-26)31(21)16-4-6-20-7-9-22(10-8-20)32-23-11-14-28-15-12-23;/h7-10,13,17-19,23,28H,3-6,11-12,14-16H2,1-2H3;1H. The van der Waals surface area contributed by atoms with Crippen LogP contribution in [0, 0.1) is 0 Å². The van der Waals surface area contributed by atoms with Gasteiger partial charge in [0.2, 0.25) is 0 Å². The molecule has 0 spiro atoms. The van der Waals surface area contributed by atoms with Crippen molar-refractivity contribution in [3.8, 4) is 17.3 Å². The van der Waals surface area contributed by atoms with E-state index < -0.39 is 0 Å². The average Bonchev–Trinajstić information content (AvgIpc) is 3.53. The fourth-order valence-corrected chi connectivity index (χ4v) is 5.72. The second-order valence-corrected chi connectivity index (χ2v) is 10.00. The number of hydrogen-bond donors (Lipinski definition) is 1. The van der Waals surface area contributed by atoms with Crippen molar-refractivity contribution >= 4 is 34.0 Å². The number of halogens is 1. The van der Waals surface area contributed by atoms with Gasteiger partial charge in [0, 0.05) is 25.5 Å². The van der Waals surface area contributed by atoms with Crippen LogP contribution in [0.15, 0.2) is 48.0 Å². The van der Waals surface area contributed by atoms with Crippen molar-refractivity contribution in [2.45, 2.75) is 58.1 Å². The number of thiophene rings is 1. The third kappa shape index (κ3) is 5.35. The van der Waals surface area contributed by atoms with E-state index in [1.54, 1.807) is 11.3 Å². The summed E-state index contributed by atoms with van der Waals surface area (Å²) in [6.45, 7) is 5.33. The van der Waals surface area contributed by atoms with Gasteiger partial charge in [-0.15, -0.1) is 23.7 Å². The summed E-state index contributed by atoms with van der Waals surface area (Å²) < 4.78 is 12.2. The second-order valence-electron chi connectivity index (χ2n) is 9.05. The Labute approximate surface area is 212 Å². The minimum atomic E-state index is 0. The first-order valence-corrected chi connectivity index (χ1v) is 13.1. The van der Waals surface area contributed by atoms with Crippen LogP contribution in [0.4, 0.5) is 0 Å². The molecule has 1 aliphatic heterocycles. The third-order valence-corrected chi connectivity index (χ3v) is 7.55. The average molecular weight is 499 g/mol. The lowest BCUT2D eigenvalue weighted by Crippen LogP contribution is -2.34. The van der Waals surface area contributed by atoms with E-state index in [1.807, 2.05) is 0 Å². The molecule has 1 aliphatic rings. The Morgan fingerprint density at radius 1 is 1.12 bits per heavy atom. The third-order valence-electron chi connectivity index (χ3n) is 6.70. The van der Waals surface area contributed by atoms with Crippen LogP contribution in [0.2, 0.25) is 0 Å². The van der Waals surface area contributed by atoms with E-state index in [0.29, 0.717) is 6.10 Å². The molecule has 0 saturated carbocycles. The Morgan fingerprint density at radius 3 is 2.65 bits per heavy atom. The number of aryl methyl sites for hydroxylation is 3. The van der Waals surface area contributed by atoms with Crippen molar-refractivity contribution in [2.75, 3.05) is 13.1 Å². The van der Waals surface area contributed by atoms with Crippen LogP contribution in [0.3, 0.4) is 0 Å². The highest BCUT2D eigenvalue weighted by Crippen LogP contribution is 2.31. The van der Waals surface area contributed by atoms with Crippen LogP contribution in [0.25, 0.3) is 21.7 Å². The largest absolute Gasteiger partial charge is 0.490 e. The monoisotopic (exact) mass is 498 g/mol. The lowest BCUT2D eigenvalue weighted by Gasteiger charge is -2.23.